The summed E-state index contributed by atoms with van der Waals surface area (Å²) in [6, 6.07) is 20.4. The van der Waals surface area contributed by atoms with E-state index in [1.165, 1.54) is 53.1 Å². The molecule has 5 aromatic heterocycles. The minimum atomic E-state index is -4.76. The lowest BCUT2D eigenvalue weighted by molar-refractivity contribution is -0.275. The van der Waals surface area contributed by atoms with E-state index >= 15 is 0 Å². The number of aliphatic hydroxyl groups is 1. The lowest BCUT2D eigenvalue weighted by atomic mass is 10.1. The Morgan fingerprint density at radius 1 is 0.719 bits per heavy atom. The minimum absolute atomic E-state index is 0.0686. The molecular weight excluding hydrogens is 772 g/mol. The highest BCUT2D eigenvalue weighted by molar-refractivity contribution is 5.80. The fourth-order valence-corrected chi connectivity index (χ4v) is 5.20. The van der Waals surface area contributed by atoms with Crippen molar-refractivity contribution in [2.24, 2.45) is 0 Å². The molecule has 1 aliphatic heterocycles. The molecule has 296 valence electrons. The summed E-state index contributed by atoms with van der Waals surface area (Å²) in [6.07, 6.45) is -9.38. The Hall–Kier alpha value is -6.96. The number of benzene rings is 2. The van der Waals surface area contributed by atoms with Gasteiger partial charge in [-0.3, -0.25) is 9.36 Å². The van der Waals surface area contributed by atoms with E-state index in [-0.39, 0.29) is 48.3 Å². The highest BCUT2D eigenvalue weighted by Gasteiger charge is 2.32. The van der Waals surface area contributed by atoms with Gasteiger partial charge in [0.25, 0.3) is 0 Å². The van der Waals surface area contributed by atoms with Crippen LogP contribution in [-0.4, -0.2) is 48.6 Å². The Bertz CT molecular complexity index is 2540. The van der Waals surface area contributed by atoms with Gasteiger partial charge in [0.05, 0.1) is 41.4 Å². The average molecular weight is 800 g/mol. The number of hydrogen-bond acceptors (Lipinski definition) is 13. The Balaban J connectivity index is 0.000000166. The quantitative estimate of drug-likeness (QED) is 0.124. The predicted octanol–water partition coefficient (Wildman–Crippen LogP) is 7.48. The van der Waals surface area contributed by atoms with Gasteiger partial charge < -0.3 is 32.8 Å². The predicted molar refractivity (Wildman–Crippen MR) is 184 cm³/mol. The number of carbonyl (C=O) groups excluding carboxylic acids is 1. The van der Waals surface area contributed by atoms with E-state index in [0.29, 0.717) is 51.2 Å². The zero-order valence-corrected chi connectivity index (χ0v) is 29.4. The van der Waals surface area contributed by atoms with Gasteiger partial charge in [-0.2, -0.15) is 0 Å². The largest absolute Gasteiger partial charge is 0.573 e. The third-order valence-corrected chi connectivity index (χ3v) is 7.57. The molecule has 0 spiro atoms. The number of oxazole rings is 1. The number of hydrogen-bond donors (Lipinski definition) is 1. The minimum Gasteiger partial charge on any atom is -0.424 e. The summed E-state index contributed by atoms with van der Waals surface area (Å²) < 4.78 is 102. The highest BCUT2D eigenvalue weighted by atomic mass is 19.4. The van der Waals surface area contributed by atoms with Crippen LogP contribution in [0.25, 0.3) is 33.7 Å². The summed E-state index contributed by atoms with van der Waals surface area (Å²) in [5.74, 6) is -0.221. The lowest BCUT2D eigenvalue weighted by Gasteiger charge is -2.09. The Kier molecular flexibility index (Phi) is 11.4. The van der Waals surface area contributed by atoms with Crippen molar-refractivity contribution in [3.8, 4) is 39.8 Å². The summed E-state index contributed by atoms with van der Waals surface area (Å²) in [5, 5.41) is 15.7. The van der Waals surface area contributed by atoms with E-state index in [2.05, 4.69) is 34.3 Å². The number of alkyl halides is 6. The molecule has 0 saturated heterocycles. The van der Waals surface area contributed by atoms with Crippen LogP contribution in [0.15, 0.2) is 103 Å². The molecule has 14 nitrogen and oxygen atoms in total. The van der Waals surface area contributed by atoms with E-state index in [1.807, 2.05) is 6.92 Å². The van der Waals surface area contributed by atoms with Gasteiger partial charge in [-0.05, 0) is 86.6 Å². The third kappa shape index (κ3) is 10.6. The van der Waals surface area contributed by atoms with Crippen molar-refractivity contribution in [2.75, 3.05) is 0 Å². The number of halogens is 6. The van der Waals surface area contributed by atoms with Crippen molar-refractivity contribution in [1.29, 1.82) is 0 Å². The number of fused-ring (bicyclic) bond motifs is 2. The summed E-state index contributed by atoms with van der Waals surface area (Å²) in [5.41, 5.74) is 4.72. The Morgan fingerprint density at radius 3 is 1.74 bits per heavy atom. The van der Waals surface area contributed by atoms with Crippen molar-refractivity contribution in [1.82, 2.24) is 24.8 Å². The van der Waals surface area contributed by atoms with Crippen LogP contribution in [0.3, 0.4) is 0 Å². The second-order valence-corrected chi connectivity index (χ2v) is 11.9. The van der Waals surface area contributed by atoms with Crippen LogP contribution in [0.2, 0.25) is 0 Å². The zero-order valence-electron chi connectivity index (χ0n) is 29.4. The summed E-state index contributed by atoms with van der Waals surface area (Å²) >= 11 is 0. The summed E-state index contributed by atoms with van der Waals surface area (Å²) in [7, 11) is 0. The number of rotatable bonds is 7. The topological polar surface area (TPSA) is 178 Å². The molecule has 57 heavy (non-hydrogen) atoms. The zero-order chi connectivity index (χ0) is 40.9. The number of aromatic nitrogens is 5. The van der Waals surface area contributed by atoms with Gasteiger partial charge in [0.1, 0.15) is 18.1 Å². The number of esters is 1. The standard InChI is InChI=1S/C18H12F3N3O4.C14H8F3NO3.C5H7NO2/c1-10-8-13(28-23-10)9-24-16-15(26-17(24)25)7-6-14(22-16)11-2-4-12(5-3-11)27-18(19,20)21;15-14(16,17)21-9-3-1-8(2-4-9)10-5-6-12-11(18-10)7-13(19)20-12;1-4-2-5(3-7)8-6-4/h2-8H,9H2,1H3;1-6H,7H2;2,7H,3H2,1H3. The molecule has 0 unspecified atom stereocenters. The van der Waals surface area contributed by atoms with Crippen molar-refractivity contribution < 1.29 is 63.9 Å². The van der Waals surface area contributed by atoms with Crippen LogP contribution in [0.5, 0.6) is 17.2 Å². The van der Waals surface area contributed by atoms with Crippen molar-refractivity contribution >= 4 is 17.2 Å². The smallest absolute Gasteiger partial charge is 0.424 e. The first-order chi connectivity index (χ1) is 27.0. The highest BCUT2D eigenvalue weighted by Crippen LogP contribution is 2.30. The molecular formula is C37H27F6N5O9. The van der Waals surface area contributed by atoms with Crippen molar-refractivity contribution in [3.63, 3.8) is 0 Å². The van der Waals surface area contributed by atoms with Gasteiger partial charge in [0.2, 0.25) is 0 Å². The molecule has 1 N–H and O–H groups in total. The van der Waals surface area contributed by atoms with E-state index in [4.69, 9.17) is 18.8 Å². The summed E-state index contributed by atoms with van der Waals surface area (Å²) in [4.78, 5) is 32.0. The Labute approximate surface area is 315 Å². The first-order valence-electron chi connectivity index (χ1n) is 16.4. The maximum absolute atomic E-state index is 12.3. The van der Waals surface area contributed by atoms with E-state index in [1.54, 1.807) is 43.3 Å². The van der Waals surface area contributed by atoms with Crippen LogP contribution in [0.1, 0.15) is 28.6 Å². The first-order valence-corrected chi connectivity index (χ1v) is 16.4. The molecule has 6 heterocycles. The van der Waals surface area contributed by atoms with Crippen molar-refractivity contribution in [2.45, 2.75) is 46.1 Å². The molecule has 0 amide bonds. The monoisotopic (exact) mass is 799 g/mol. The molecule has 0 saturated carbocycles. The lowest BCUT2D eigenvalue weighted by Crippen LogP contribution is -2.17. The number of aliphatic hydroxyl groups excluding tert-OH is 1. The molecule has 0 radical (unpaired) electrons. The second kappa shape index (κ2) is 16.4. The molecule has 2 aromatic carbocycles. The normalized spacial score (nSPS) is 12.3. The van der Waals surface area contributed by atoms with E-state index in [0.717, 1.165) is 5.69 Å². The van der Waals surface area contributed by atoms with Gasteiger partial charge >= 0.3 is 24.5 Å². The number of aryl methyl sites for hydroxylation is 2. The van der Waals surface area contributed by atoms with E-state index in [9.17, 15) is 35.9 Å². The Morgan fingerprint density at radius 2 is 1.25 bits per heavy atom. The van der Waals surface area contributed by atoms with Crippen LogP contribution >= 0.6 is 0 Å². The van der Waals surface area contributed by atoms with Gasteiger partial charge in [0, 0.05) is 23.3 Å². The SMILES string of the molecule is Cc1cc(CO)on1.Cc1cc(Cn2c(=O)oc3ccc(-c4ccc(OC(F)(F)F)cc4)nc32)on1.O=C1Cc2nc(-c3ccc(OC(F)(F)F)cc3)ccc2O1. The molecule has 0 fully saturated rings. The molecule has 1 aliphatic rings. The summed E-state index contributed by atoms with van der Waals surface area (Å²) in [6.45, 7) is 3.58. The number of carbonyl (C=O) groups is 1. The number of nitrogens with zero attached hydrogens (tertiary/aromatic N) is 5. The number of ether oxygens (including phenoxy) is 3. The van der Waals surface area contributed by atoms with Gasteiger partial charge in [-0.1, -0.05) is 10.3 Å². The molecule has 8 rings (SSSR count). The van der Waals surface area contributed by atoms with Crippen LogP contribution in [0.4, 0.5) is 26.3 Å². The average Bonchev–Trinajstić information content (AvgIpc) is 3.94. The fourth-order valence-electron chi connectivity index (χ4n) is 5.20. The van der Waals surface area contributed by atoms with E-state index < -0.39 is 18.5 Å². The van der Waals surface area contributed by atoms with Crippen molar-refractivity contribution in [3.05, 3.63) is 124 Å². The first kappa shape index (κ1) is 39.7. The molecule has 0 bridgehead atoms. The maximum Gasteiger partial charge on any atom is 0.573 e. The van der Waals surface area contributed by atoms with Crippen LogP contribution in [-0.2, 0) is 24.4 Å². The molecule has 7 aromatic rings. The van der Waals surface area contributed by atoms with Crippen LogP contribution in [0, 0.1) is 13.8 Å². The van der Waals surface area contributed by atoms with Gasteiger partial charge in [0.15, 0.2) is 28.5 Å². The number of pyridine rings is 2. The maximum atomic E-state index is 12.3. The molecule has 0 aliphatic carbocycles. The van der Waals surface area contributed by atoms with Gasteiger partial charge in [-0.25, -0.2) is 14.8 Å². The fraction of sp³-hybridized carbons (Fsp3) is 0.189. The molecule has 0 atom stereocenters. The third-order valence-electron chi connectivity index (χ3n) is 7.57. The molecule has 20 heteroatoms. The van der Waals surface area contributed by atoms with Gasteiger partial charge in [-0.15, -0.1) is 26.3 Å². The van der Waals surface area contributed by atoms with Crippen LogP contribution < -0.4 is 20.0 Å². The second-order valence-electron chi connectivity index (χ2n) is 11.9.